The lowest BCUT2D eigenvalue weighted by molar-refractivity contribution is -0.151. The van der Waals surface area contributed by atoms with Crippen LogP contribution in [-0.4, -0.2) is 71.2 Å². The van der Waals surface area contributed by atoms with Crippen LogP contribution in [0.2, 0.25) is 0 Å². The Morgan fingerprint density at radius 3 is 2.64 bits per heavy atom. The Balaban J connectivity index is 1.56. The minimum Gasteiger partial charge on any atom is -0.457 e. The molecule has 1 fully saturated rings. The lowest BCUT2D eigenvalue weighted by atomic mass is 9.93. The number of amides is 1. The largest absolute Gasteiger partial charge is 0.519 e. The van der Waals surface area contributed by atoms with Crippen molar-refractivity contribution in [2.45, 2.75) is 66.0 Å². The quantitative estimate of drug-likeness (QED) is 0.235. The molecule has 1 aliphatic rings. The zero-order chi connectivity index (χ0) is 30.2. The highest BCUT2D eigenvalue weighted by Crippen LogP contribution is 2.24. The molecule has 2 atom stereocenters. The fourth-order valence-corrected chi connectivity index (χ4v) is 5.25. The summed E-state index contributed by atoms with van der Waals surface area (Å²) < 4.78 is 22.2. The van der Waals surface area contributed by atoms with E-state index in [0.717, 1.165) is 29.8 Å². The van der Waals surface area contributed by atoms with Crippen molar-refractivity contribution in [2.75, 3.05) is 33.4 Å². The molecule has 12 heteroatoms. The molecule has 0 saturated carbocycles. The van der Waals surface area contributed by atoms with Gasteiger partial charge < -0.3 is 28.5 Å². The van der Waals surface area contributed by atoms with Gasteiger partial charge in [-0.25, -0.2) is 9.48 Å². The fourth-order valence-electron chi connectivity index (χ4n) is 5.25. The van der Waals surface area contributed by atoms with E-state index in [9.17, 15) is 14.4 Å². The van der Waals surface area contributed by atoms with Gasteiger partial charge in [-0.15, -0.1) is 5.10 Å². The Bertz CT molecular complexity index is 1410. The minimum atomic E-state index is -0.835. The van der Waals surface area contributed by atoms with Gasteiger partial charge in [0.25, 0.3) is 5.91 Å². The molecule has 1 amide bonds. The molecule has 0 radical (unpaired) electrons. The Kier molecular flexibility index (Phi) is 10.7. The first kappa shape index (κ1) is 31.2. The second-order valence-electron chi connectivity index (χ2n) is 11.2. The van der Waals surface area contributed by atoms with Gasteiger partial charge in [0.1, 0.15) is 0 Å². The summed E-state index contributed by atoms with van der Waals surface area (Å²) in [7, 11) is 1.68. The number of hydrogen-bond donors (Lipinski definition) is 1. The molecule has 1 aromatic carbocycles. The number of ether oxygens (including phenoxy) is 2. The SMILES string of the molecule is COCCCCc1c(C(=O)N(CC(C)C)[C@@H]2CNC[C@H](C(=O)OCc3oc(=O)oc3C)C2)nnn1-c1ccccc1C. The number of aromatic nitrogens is 3. The number of unbranched alkanes of at least 4 members (excludes halogenated alkanes) is 1. The highest BCUT2D eigenvalue weighted by Gasteiger charge is 2.36. The van der Waals surface area contributed by atoms with Gasteiger partial charge in [-0.1, -0.05) is 37.3 Å². The Morgan fingerprint density at radius 1 is 1.17 bits per heavy atom. The molecule has 4 rings (SSSR count). The first-order chi connectivity index (χ1) is 20.2. The molecule has 0 bridgehead atoms. The molecule has 0 unspecified atom stereocenters. The summed E-state index contributed by atoms with van der Waals surface area (Å²) in [5.41, 5.74) is 3.00. The molecule has 3 heterocycles. The van der Waals surface area contributed by atoms with Crippen molar-refractivity contribution in [1.82, 2.24) is 25.2 Å². The number of benzene rings is 1. The number of hydrogen-bond acceptors (Lipinski definition) is 10. The Labute approximate surface area is 245 Å². The Hall–Kier alpha value is -3.77. The monoisotopic (exact) mass is 583 g/mol. The molecule has 1 N–H and O–H groups in total. The molecule has 12 nitrogen and oxygen atoms in total. The predicted octanol–water partition coefficient (Wildman–Crippen LogP) is 3.22. The van der Waals surface area contributed by atoms with Crippen LogP contribution in [0.25, 0.3) is 5.69 Å². The first-order valence-corrected chi connectivity index (χ1v) is 14.5. The maximum Gasteiger partial charge on any atom is 0.519 e. The van der Waals surface area contributed by atoms with Crippen LogP contribution in [0.4, 0.5) is 0 Å². The summed E-state index contributed by atoms with van der Waals surface area (Å²) in [4.78, 5) is 40.4. The van der Waals surface area contributed by atoms with Crippen molar-refractivity contribution in [3.63, 3.8) is 0 Å². The van der Waals surface area contributed by atoms with E-state index in [0.29, 0.717) is 44.8 Å². The number of methoxy groups -OCH3 is 1. The van der Waals surface area contributed by atoms with Gasteiger partial charge in [-0.05, 0) is 57.1 Å². The number of carbonyl (C=O) groups excluding carboxylic acids is 2. The second kappa shape index (κ2) is 14.4. The van der Waals surface area contributed by atoms with E-state index in [1.165, 1.54) is 0 Å². The van der Waals surface area contributed by atoms with Crippen molar-refractivity contribution in [2.24, 2.45) is 11.8 Å². The third kappa shape index (κ3) is 7.54. The van der Waals surface area contributed by atoms with Crippen LogP contribution in [-0.2, 0) is 27.3 Å². The summed E-state index contributed by atoms with van der Waals surface area (Å²) in [6.07, 6.45) is 2.69. The maximum absolute atomic E-state index is 14.2. The van der Waals surface area contributed by atoms with Crippen LogP contribution < -0.4 is 11.1 Å². The Morgan fingerprint density at radius 2 is 1.95 bits per heavy atom. The minimum absolute atomic E-state index is 0.181. The van der Waals surface area contributed by atoms with Crippen LogP contribution in [0.5, 0.6) is 0 Å². The summed E-state index contributed by atoms with van der Waals surface area (Å²) >= 11 is 0. The predicted molar refractivity (Wildman–Crippen MR) is 153 cm³/mol. The van der Waals surface area contributed by atoms with Crippen LogP contribution in [0.1, 0.15) is 66.4 Å². The summed E-state index contributed by atoms with van der Waals surface area (Å²) in [5, 5.41) is 12.2. The van der Waals surface area contributed by atoms with Gasteiger partial charge in [-0.2, -0.15) is 0 Å². The van der Waals surface area contributed by atoms with Gasteiger partial charge in [0.2, 0.25) is 0 Å². The number of nitrogens with one attached hydrogen (secondary N) is 1. The number of carbonyl (C=O) groups is 2. The number of rotatable bonds is 13. The van der Waals surface area contributed by atoms with Crippen LogP contribution in [0, 0.1) is 25.7 Å². The molecular weight excluding hydrogens is 542 g/mol. The van der Waals surface area contributed by atoms with Crippen molar-refractivity contribution in [3.05, 3.63) is 63.4 Å². The highest BCUT2D eigenvalue weighted by atomic mass is 16.6. The van der Waals surface area contributed by atoms with Gasteiger partial charge in [0, 0.05) is 39.4 Å². The molecule has 1 saturated heterocycles. The molecule has 0 aliphatic carbocycles. The maximum atomic E-state index is 14.2. The topological polar surface area (TPSA) is 142 Å². The van der Waals surface area contributed by atoms with Crippen molar-refractivity contribution in [1.29, 1.82) is 0 Å². The molecule has 3 aromatic rings. The molecule has 1 aliphatic heterocycles. The third-order valence-corrected chi connectivity index (χ3v) is 7.43. The standard InChI is InChI=1S/C30H41N5O7/c1-19(2)17-34(23-14-22(15-31-16-23)29(37)40-18-26-21(4)41-30(38)42-26)28(36)27-25(12-8-9-13-39-5)35(33-32-27)24-11-7-6-10-20(24)3/h6-7,10-11,19,22-23,31H,8-9,12-18H2,1-5H3/t22-,23+/m1/s1. The zero-order valence-electron chi connectivity index (χ0n) is 25.1. The number of para-hydroxylation sites is 1. The molecule has 0 spiro atoms. The van der Waals surface area contributed by atoms with E-state index in [-0.39, 0.29) is 36.0 Å². The fraction of sp³-hybridized carbons (Fsp3) is 0.567. The number of piperidine rings is 1. The van der Waals surface area contributed by atoms with Crippen LogP contribution >= 0.6 is 0 Å². The summed E-state index contributed by atoms with van der Waals surface area (Å²) in [6, 6.07) is 7.63. The highest BCUT2D eigenvalue weighted by molar-refractivity contribution is 5.93. The average molecular weight is 584 g/mol. The van der Waals surface area contributed by atoms with Gasteiger partial charge in [0.05, 0.1) is 17.3 Å². The van der Waals surface area contributed by atoms with Gasteiger partial charge >= 0.3 is 11.8 Å². The van der Waals surface area contributed by atoms with Gasteiger partial charge in [0.15, 0.2) is 23.8 Å². The van der Waals surface area contributed by atoms with Crippen molar-refractivity contribution < 1.29 is 27.9 Å². The number of esters is 1. The molecule has 42 heavy (non-hydrogen) atoms. The zero-order valence-corrected chi connectivity index (χ0v) is 25.1. The first-order valence-electron chi connectivity index (χ1n) is 14.5. The van der Waals surface area contributed by atoms with Crippen LogP contribution in [0.15, 0.2) is 37.9 Å². The summed E-state index contributed by atoms with van der Waals surface area (Å²) in [6.45, 7) is 9.57. The van der Waals surface area contributed by atoms with Crippen molar-refractivity contribution in [3.8, 4) is 5.69 Å². The summed E-state index contributed by atoms with van der Waals surface area (Å²) in [5.74, 6) is -1.32. The van der Waals surface area contributed by atoms with E-state index >= 15 is 0 Å². The molecule has 2 aromatic heterocycles. The normalized spacial score (nSPS) is 17.0. The van der Waals surface area contributed by atoms with Crippen LogP contribution in [0.3, 0.4) is 0 Å². The van der Waals surface area contributed by atoms with Gasteiger partial charge in [-0.3, -0.25) is 9.59 Å². The van der Waals surface area contributed by atoms with Crippen molar-refractivity contribution >= 4 is 11.9 Å². The van der Waals surface area contributed by atoms with E-state index in [4.69, 9.17) is 18.3 Å². The van der Waals surface area contributed by atoms with E-state index < -0.39 is 17.7 Å². The van der Waals surface area contributed by atoms with E-state index in [1.807, 2.05) is 36.1 Å². The lowest BCUT2D eigenvalue weighted by Gasteiger charge is -2.38. The lowest BCUT2D eigenvalue weighted by Crippen LogP contribution is -2.53. The van der Waals surface area contributed by atoms with E-state index in [2.05, 4.69) is 29.5 Å². The number of nitrogens with zero attached hydrogens (tertiary/aromatic N) is 4. The second-order valence-corrected chi connectivity index (χ2v) is 11.2. The smallest absolute Gasteiger partial charge is 0.457 e. The van der Waals surface area contributed by atoms with E-state index in [1.54, 1.807) is 18.7 Å². The average Bonchev–Trinajstić information content (AvgIpc) is 3.54. The molecular formula is C30H41N5O7. The third-order valence-electron chi connectivity index (χ3n) is 7.43. The molecule has 228 valence electrons. The number of aryl methyl sites for hydroxylation is 2.